The van der Waals surface area contributed by atoms with E-state index in [-0.39, 0.29) is 10.6 Å². The zero-order valence-electron chi connectivity index (χ0n) is 17.7. The number of hydrogen-bond acceptors (Lipinski definition) is 6. The van der Waals surface area contributed by atoms with Gasteiger partial charge in [-0.1, -0.05) is 42.5 Å². The van der Waals surface area contributed by atoms with Crippen LogP contribution >= 0.6 is 0 Å². The molecular weight excluding hydrogens is 454 g/mol. The summed E-state index contributed by atoms with van der Waals surface area (Å²) in [6, 6.07) is 19.5. The molecule has 2 amide bonds. The maximum absolute atomic E-state index is 13.0. The second-order valence-electron chi connectivity index (χ2n) is 7.30. The lowest BCUT2D eigenvalue weighted by molar-refractivity contribution is 0.0997. The molecule has 0 saturated heterocycles. The summed E-state index contributed by atoms with van der Waals surface area (Å²) < 4.78 is 23.8. The monoisotopic (exact) mass is 473 g/mol. The van der Waals surface area contributed by atoms with Gasteiger partial charge in [0.2, 0.25) is 15.9 Å². The third-order valence-electron chi connectivity index (χ3n) is 5.03. The number of hydrogen-bond donors (Lipinski definition) is 3. The highest BCUT2D eigenvalue weighted by atomic mass is 32.2. The first-order valence-corrected chi connectivity index (χ1v) is 11.5. The second kappa shape index (κ2) is 9.22. The molecule has 0 radical (unpaired) electrons. The summed E-state index contributed by atoms with van der Waals surface area (Å²) in [7, 11) is -3.90. The summed E-state index contributed by atoms with van der Waals surface area (Å²) in [5.41, 5.74) is 8.31. The maximum atomic E-state index is 13.0. The molecule has 4 rings (SSSR count). The largest absolute Gasteiger partial charge is 0.366 e. The average Bonchev–Trinajstić information content (AvgIpc) is 2.84. The van der Waals surface area contributed by atoms with Crippen LogP contribution in [-0.4, -0.2) is 30.2 Å². The van der Waals surface area contributed by atoms with Crippen LogP contribution in [0.4, 0.5) is 5.69 Å². The fourth-order valence-corrected chi connectivity index (χ4v) is 4.20. The normalized spacial score (nSPS) is 11.1. The lowest BCUT2D eigenvalue weighted by Crippen LogP contribution is -2.15. The van der Waals surface area contributed by atoms with E-state index < -0.39 is 21.8 Å². The van der Waals surface area contributed by atoms with Crippen molar-refractivity contribution in [1.82, 2.24) is 9.97 Å². The minimum atomic E-state index is -3.90. The van der Waals surface area contributed by atoms with E-state index in [0.29, 0.717) is 33.5 Å². The Morgan fingerprint density at radius 2 is 1.59 bits per heavy atom. The molecule has 5 N–H and O–H groups in total. The fourth-order valence-electron chi connectivity index (χ4n) is 3.44. The predicted molar refractivity (Wildman–Crippen MR) is 127 cm³/mol. The summed E-state index contributed by atoms with van der Waals surface area (Å²) in [4.78, 5) is 32.6. The lowest BCUT2D eigenvalue weighted by atomic mass is 10.0. The molecule has 10 heteroatoms. The van der Waals surface area contributed by atoms with E-state index in [1.54, 1.807) is 66.7 Å². The topological polar surface area (TPSA) is 158 Å². The van der Waals surface area contributed by atoms with Gasteiger partial charge in [0.25, 0.3) is 5.91 Å². The molecule has 0 atom stereocenters. The van der Waals surface area contributed by atoms with Gasteiger partial charge in [-0.25, -0.2) is 23.5 Å². The summed E-state index contributed by atoms with van der Waals surface area (Å²) in [6.45, 7) is 0. The summed E-state index contributed by atoms with van der Waals surface area (Å²) in [5, 5.41) is 8.09. The number of carbonyl (C=O) groups is 2. The summed E-state index contributed by atoms with van der Waals surface area (Å²) >= 11 is 0. The minimum absolute atomic E-state index is 0.00982. The number of primary amides is 1. The van der Waals surface area contributed by atoms with E-state index in [4.69, 9.17) is 10.9 Å². The van der Waals surface area contributed by atoms with Crippen LogP contribution in [0.3, 0.4) is 0 Å². The van der Waals surface area contributed by atoms with Gasteiger partial charge in [-0.15, -0.1) is 0 Å². The number of nitrogens with two attached hydrogens (primary N) is 2. The molecule has 1 heterocycles. The molecule has 3 aromatic carbocycles. The van der Waals surface area contributed by atoms with Crippen LogP contribution in [-0.2, 0) is 10.0 Å². The molecule has 170 valence electrons. The van der Waals surface area contributed by atoms with E-state index in [0.717, 1.165) is 0 Å². The van der Waals surface area contributed by atoms with Gasteiger partial charge in [0.1, 0.15) is 12.0 Å². The number of rotatable bonds is 6. The number of anilines is 1. The molecule has 0 fully saturated rings. The molecule has 1 aromatic heterocycles. The Morgan fingerprint density at radius 3 is 2.29 bits per heavy atom. The van der Waals surface area contributed by atoms with Crippen LogP contribution in [0, 0.1) is 0 Å². The number of benzene rings is 3. The molecule has 0 spiro atoms. The number of nitrogens with zero attached hydrogens (tertiary/aromatic N) is 2. The first kappa shape index (κ1) is 22.8. The van der Waals surface area contributed by atoms with Crippen molar-refractivity contribution in [3.8, 4) is 22.3 Å². The lowest BCUT2D eigenvalue weighted by Gasteiger charge is -2.11. The molecule has 0 bridgehead atoms. The molecule has 0 aliphatic heterocycles. The number of primary sulfonamides is 1. The number of amides is 2. The number of aromatic nitrogens is 2. The van der Waals surface area contributed by atoms with Gasteiger partial charge in [-0.05, 0) is 41.5 Å². The van der Waals surface area contributed by atoms with Gasteiger partial charge in [-0.3, -0.25) is 9.59 Å². The molecular formula is C24H19N5O4S. The Labute approximate surface area is 195 Å². The Balaban J connectivity index is 1.61. The predicted octanol–water partition coefficient (Wildman–Crippen LogP) is 2.81. The van der Waals surface area contributed by atoms with E-state index in [1.165, 1.54) is 18.6 Å². The Hall–Kier alpha value is -4.41. The highest BCUT2D eigenvalue weighted by Gasteiger charge is 2.17. The number of nitrogens with one attached hydrogen (secondary N) is 1. The molecule has 0 aliphatic carbocycles. The fraction of sp³-hybridized carbons (Fsp3) is 0. The van der Waals surface area contributed by atoms with Gasteiger partial charge < -0.3 is 11.1 Å². The highest BCUT2D eigenvalue weighted by Crippen LogP contribution is 2.28. The minimum Gasteiger partial charge on any atom is -0.366 e. The first-order valence-electron chi connectivity index (χ1n) is 9.98. The zero-order valence-corrected chi connectivity index (χ0v) is 18.5. The SMILES string of the molecule is NC(=O)c1cccc(-c2cncnc2C(=O)Nc2ccc(-c3ccccc3S(N)(=O)=O)cc2)c1. The summed E-state index contributed by atoms with van der Waals surface area (Å²) in [6.07, 6.45) is 2.74. The Kier molecular flexibility index (Phi) is 6.17. The first-order chi connectivity index (χ1) is 16.2. The van der Waals surface area contributed by atoms with E-state index in [2.05, 4.69) is 15.3 Å². The van der Waals surface area contributed by atoms with Crippen molar-refractivity contribution < 1.29 is 18.0 Å². The van der Waals surface area contributed by atoms with Crippen molar-refractivity contribution in [2.45, 2.75) is 4.90 Å². The van der Waals surface area contributed by atoms with E-state index >= 15 is 0 Å². The second-order valence-corrected chi connectivity index (χ2v) is 8.83. The van der Waals surface area contributed by atoms with Gasteiger partial charge in [0.15, 0.2) is 0 Å². The van der Waals surface area contributed by atoms with Crippen LogP contribution in [0.2, 0.25) is 0 Å². The Bertz CT molecular complexity index is 1500. The Morgan fingerprint density at radius 1 is 0.853 bits per heavy atom. The third-order valence-corrected chi connectivity index (χ3v) is 6.00. The van der Waals surface area contributed by atoms with Crippen molar-refractivity contribution in [2.75, 3.05) is 5.32 Å². The van der Waals surface area contributed by atoms with Crippen LogP contribution in [0.15, 0.2) is 90.2 Å². The van der Waals surface area contributed by atoms with Gasteiger partial charge in [0.05, 0.1) is 4.90 Å². The van der Waals surface area contributed by atoms with Crippen LogP contribution in [0.5, 0.6) is 0 Å². The van der Waals surface area contributed by atoms with Gasteiger partial charge >= 0.3 is 0 Å². The highest BCUT2D eigenvalue weighted by molar-refractivity contribution is 7.89. The van der Waals surface area contributed by atoms with Crippen molar-refractivity contribution in [2.24, 2.45) is 10.9 Å². The van der Waals surface area contributed by atoms with Gasteiger partial charge in [0, 0.05) is 28.6 Å². The van der Waals surface area contributed by atoms with E-state index in [1.807, 2.05) is 0 Å². The zero-order chi connectivity index (χ0) is 24.3. The number of sulfonamides is 1. The number of carbonyl (C=O) groups excluding carboxylic acids is 2. The maximum Gasteiger partial charge on any atom is 0.275 e. The van der Waals surface area contributed by atoms with Crippen LogP contribution < -0.4 is 16.2 Å². The standard InChI is InChI=1S/C24H19N5O4S/c25-23(30)17-5-3-4-16(12-17)20-13-27-14-28-22(20)24(31)29-18-10-8-15(9-11-18)19-6-1-2-7-21(19)34(26,32)33/h1-14H,(H2,25,30)(H,29,31)(H2,26,32,33). The van der Waals surface area contributed by atoms with Crippen molar-refractivity contribution in [3.63, 3.8) is 0 Å². The van der Waals surface area contributed by atoms with Crippen molar-refractivity contribution in [3.05, 3.63) is 96.6 Å². The van der Waals surface area contributed by atoms with Crippen LogP contribution in [0.25, 0.3) is 22.3 Å². The molecule has 9 nitrogen and oxygen atoms in total. The van der Waals surface area contributed by atoms with E-state index in [9.17, 15) is 18.0 Å². The molecule has 0 unspecified atom stereocenters. The third kappa shape index (κ3) is 4.82. The molecule has 34 heavy (non-hydrogen) atoms. The molecule has 0 saturated carbocycles. The van der Waals surface area contributed by atoms with Crippen LogP contribution in [0.1, 0.15) is 20.8 Å². The van der Waals surface area contributed by atoms with Gasteiger partial charge in [-0.2, -0.15) is 0 Å². The quantitative estimate of drug-likeness (QED) is 0.391. The molecule has 0 aliphatic rings. The van der Waals surface area contributed by atoms with Crippen molar-refractivity contribution in [1.29, 1.82) is 0 Å². The van der Waals surface area contributed by atoms with Crippen molar-refractivity contribution >= 4 is 27.5 Å². The summed E-state index contributed by atoms with van der Waals surface area (Å²) in [5.74, 6) is -1.08. The smallest absolute Gasteiger partial charge is 0.275 e. The average molecular weight is 474 g/mol. The molecule has 4 aromatic rings.